The van der Waals surface area contributed by atoms with Crippen molar-refractivity contribution in [3.8, 4) is 0 Å². The smallest absolute Gasteiger partial charge is 0.0402 e. The molecule has 2 heterocycles. The standard InChI is InChI=1S/C15H23N3/c1-15(16)6-9-18(10-7-15)14-4-2-3-12-11-17-8-5-13(12)14/h2-4,17H,5-11,16H2,1H3. The predicted molar refractivity (Wildman–Crippen MR) is 75.9 cm³/mol. The highest BCUT2D eigenvalue weighted by Crippen LogP contribution is 2.30. The van der Waals surface area contributed by atoms with Crippen LogP contribution in [0, 0.1) is 0 Å². The first kappa shape index (κ1) is 12.0. The van der Waals surface area contributed by atoms with Crippen LogP contribution in [0.1, 0.15) is 30.9 Å². The maximum absolute atomic E-state index is 6.22. The van der Waals surface area contributed by atoms with Gasteiger partial charge in [0.1, 0.15) is 0 Å². The lowest BCUT2D eigenvalue weighted by Gasteiger charge is -2.39. The largest absolute Gasteiger partial charge is 0.371 e. The molecule has 2 aliphatic heterocycles. The third-order valence-corrected chi connectivity index (χ3v) is 4.36. The van der Waals surface area contributed by atoms with Crippen molar-refractivity contribution in [2.24, 2.45) is 5.73 Å². The first-order valence-electron chi connectivity index (χ1n) is 7.01. The molecule has 0 radical (unpaired) electrons. The Morgan fingerprint density at radius 1 is 1.28 bits per heavy atom. The summed E-state index contributed by atoms with van der Waals surface area (Å²) < 4.78 is 0. The number of rotatable bonds is 1. The average molecular weight is 245 g/mol. The molecule has 1 aromatic rings. The van der Waals surface area contributed by atoms with E-state index in [1.165, 1.54) is 11.3 Å². The van der Waals surface area contributed by atoms with E-state index in [4.69, 9.17) is 5.73 Å². The summed E-state index contributed by atoms with van der Waals surface area (Å²) in [5.41, 5.74) is 10.7. The molecule has 1 saturated heterocycles. The summed E-state index contributed by atoms with van der Waals surface area (Å²) in [6.45, 7) is 6.49. The second kappa shape index (κ2) is 4.56. The van der Waals surface area contributed by atoms with Crippen LogP contribution in [-0.2, 0) is 13.0 Å². The van der Waals surface area contributed by atoms with Gasteiger partial charge in [0, 0.05) is 30.9 Å². The minimum absolute atomic E-state index is 0.0346. The van der Waals surface area contributed by atoms with Crippen LogP contribution in [0.15, 0.2) is 18.2 Å². The van der Waals surface area contributed by atoms with Crippen molar-refractivity contribution in [2.45, 2.75) is 38.3 Å². The zero-order valence-electron chi connectivity index (χ0n) is 11.2. The number of hydrogen-bond donors (Lipinski definition) is 2. The molecule has 0 spiro atoms. The maximum Gasteiger partial charge on any atom is 0.0402 e. The molecule has 18 heavy (non-hydrogen) atoms. The van der Waals surface area contributed by atoms with Crippen LogP contribution in [0.4, 0.5) is 5.69 Å². The van der Waals surface area contributed by atoms with Crippen LogP contribution >= 0.6 is 0 Å². The molecule has 3 N–H and O–H groups in total. The summed E-state index contributed by atoms with van der Waals surface area (Å²) in [7, 11) is 0. The molecule has 1 fully saturated rings. The molecular weight excluding hydrogens is 222 g/mol. The Balaban J connectivity index is 1.85. The number of fused-ring (bicyclic) bond motifs is 1. The molecule has 0 saturated carbocycles. The zero-order valence-corrected chi connectivity index (χ0v) is 11.2. The van der Waals surface area contributed by atoms with Crippen molar-refractivity contribution in [3.63, 3.8) is 0 Å². The molecule has 0 atom stereocenters. The van der Waals surface area contributed by atoms with Gasteiger partial charge < -0.3 is 16.0 Å². The molecule has 0 unspecified atom stereocenters. The quantitative estimate of drug-likeness (QED) is 0.790. The van der Waals surface area contributed by atoms with E-state index in [1.807, 2.05) is 0 Å². The molecule has 3 heteroatoms. The van der Waals surface area contributed by atoms with Crippen molar-refractivity contribution in [2.75, 3.05) is 24.5 Å². The van der Waals surface area contributed by atoms with Gasteiger partial charge in [0.05, 0.1) is 0 Å². The molecular formula is C15H23N3. The highest BCUT2D eigenvalue weighted by Gasteiger charge is 2.27. The van der Waals surface area contributed by atoms with Crippen molar-refractivity contribution < 1.29 is 0 Å². The van der Waals surface area contributed by atoms with Gasteiger partial charge >= 0.3 is 0 Å². The number of piperidine rings is 1. The second-order valence-corrected chi connectivity index (χ2v) is 5.98. The van der Waals surface area contributed by atoms with Crippen molar-refractivity contribution >= 4 is 5.69 Å². The summed E-state index contributed by atoms with van der Waals surface area (Å²) in [4.78, 5) is 2.53. The summed E-state index contributed by atoms with van der Waals surface area (Å²) in [5, 5.41) is 3.45. The van der Waals surface area contributed by atoms with Crippen LogP contribution < -0.4 is 16.0 Å². The molecule has 3 nitrogen and oxygen atoms in total. The van der Waals surface area contributed by atoms with Crippen LogP contribution in [-0.4, -0.2) is 25.2 Å². The predicted octanol–water partition coefficient (Wildman–Crippen LogP) is 1.65. The normalized spacial score (nSPS) is 22.7. The minimum Gasteiger partial charge on any atom is -0.371 e. The Morgan fingerprint density at radius 2 is 2.06 bits per heavy atom. The number of nitrogens with zero attached hydrogens (tertiary/aromatic N) is 1. The molecule has 2 aliphatic rings. The van der Waals surface area contributed by atoms with Gasteiger partial charge in [-0.1, -0.05) is 12.1 Å². The third kappa shape index (κ3) is 2.25. The van der Waals surface area contributed by atoms with Gasteiger partial charge in [-0.05, 0) is 49.9 Å². The van der Waals surface area contributed by atoms with E-state index in [-0.39, 0.29) is 5.54 Å². The lowest BCUT2D eigenvalue weighted by atomic mass is 9.89. The van der Waals surface area contributed by atoms with E-state index in [2.05, 4.69) is 35.3 Å². The highest BCUT2D eigenvalue weighted by molar-refractivity contribution is 5.58. The molecule has 1 aromatic carbocycles. The minimum atomic E-state index is 0.0346. The lowest BCUT2D eigenvalue weighted by molar-refractivity contribution is 0.363. The Labute approximate surface area is 109 Å². The molecule has 0 amide bonds. The fourth-order valence-electron chi connectivity index (χ4n) is 3.07. The van der Waals surface area contributed by atoms with E-state index in [0.717, 1.165) is 45.4 Å². The Hall–Kier alpha value is -1.06. The number of hydrogen-bond acceptors (Lipinski definition) is 3. The summed E-state index contributed by atoms with van der Waals surface area (Å²) in [6.07, 6.45) is 3.34. The average Bonchev–Trinajstić information content (AvgIpc) is 2.38. The molecule has 0 aromatic heterocycles. The Kier molecular flexibility index (Phi) is 3.04. The van der Waals surface area contributed by atoms with E-state index >= 15 is 0 Å². The molecule has 3 rings (SSSR count). The van der Waals surface area contributed by atoms with Gasteiger partial charge in [-0.15, -0.1) is 0 Å². The van der Waals surface area contributed by atoms with Gasteiger partial charge in [0.15, 0.2) is 0 Å². The van der Waals surface area contributed by atoms with Gasteiger partial charge in [0.2, 0.25) is 0 Å². The van der Waals surface area contributed by atoms with Gasteiger partial charge in [0.25, 0.3) is 0 Å². The van der Waals surface area contributed by atoms with E-state index in [1.54, 1.807) is 5.56 Å². The molecule has 0 bridgehead atoms. The molecule has 0 aliphatic carbocycles. The van der Waals surface area contributed by atoms with Crippen molar-refractivity contribution in [1.29, 1.82) is 0 Å². The van der Waals surface area contributed by atoms with Crippen LogP contribution in [0.3, 0.4) is 0 Å². The first-order valence-corrected chi connectivity index (χ1v) is 7.01. The fraction of sp³-hybridized carbons (Fsp3) is 0.600. The maximum atomic E-state index is 6.22. The van der Waals surface area contributed by atoms with Gasteiger partial charge in [-0.25, -0.2) is 0 Å². The summed E-state index contributed by atoms with van der Waals surface area (Å²) in [6, 6.07) is 6.72. The molecule has 98 valence electrons. The third-order valence-electron chi connectivity index (χ3n) is 4.36. The lowest BCUT2D eigenvalue weighted by Crippen LogP contribution is -2.48. The van der Waals surface area contributed by atoms with Crippen molar-refractivity contribution in [3.05, 3.63) is 29.3 Å². The number of anilines is 1. The van der Waals surface area contributed by atoms with Gasteiger partial charge in [-0.3, -0.25) is 0 Å². The summed E-state index contributed by atoms with van der Waals surface area (Å²) >= 11 is 0. The zero-order chi connectivity index (χ0) is 12.6. The van der Waals surface area contributed by atoms with Crippen LogP contribution in [0.5, 0.6) is 0 Å². The highest BCUT2D eigenvalue weighted by atomic mass is 15.1. The van der Waals surface area contributed by atoms with Crippen molar-refractivity contribution in [1.82, 2.24) is 5.32 Å². The number of nitrogens with one attached hydrogen (secondary N) is 1. The SMILES string of the molecule is CC1(N)CCN(c2cccc3c2CCNC3)CC1. The summed E-state index contributed by atoms with van der Waals surface area (Å²) in [5.74, 6) is 0. The Bertz CT molecular complexity index is 429. The van der Waals surface area contributed by atoms with Gasteiger partial charge in [-0.2, -0.15) is 0 Å². The Morgan fingerprint density at radius 3 is 2.83 bits per heavy atom. The second-order valence-electron chi connectivity index (χ2n) is 5.98. The number of benzene rings is 1. The number of nitrogens with two attached hydrogens (primary N) is 1. The monoisotopic (exact) mass is 245 g/mol. The topological polar surface area (TPSA) is 41.3 Å². The fourth-order valence-corrected chi connectivity index (χ4v) is 3.07. The first-order chi connectivity index (χ1) is 8.66. The van der Waals surface area contributed by atoms with Crippen LogP contribution in [0.25, 0.3) is 0 Å². The van der Waals surface area contributed by atoms with E-state index in [0.29, 0.717) is 0 Å². The van der Waals surface area contributed by atoms with E-state index < -0.39 is 0 Å². The van der Waals surface area contributed by atoms with E-state index in [9.17, 15) is 0 Å². The van der Waals surface area contributed by atoms with Crippen LogP contribution in [0.2, 0.25) is 0 Å².